The van der Waals surface area contributed by atoms with Crippen molar-refractivity contribution in [3.63, 3.8) is 0 Å². The zero-order valence-corrected chi connectivity index (χ0v) is 20.3. The van der Waals surface area contributed by atoms with Crippen molar-refractivity contribution in [3.8, 4) is 5.75 Å². The Bertz CT molecular complexity index is 940. The SMILES string of the molecule is COCCOC(=O)N1CCN(S(=O)(=O)N2CCC(Oc3ccc(Cl)cc3)CC2)C(C(=O)NO)C1. The van der Waals surface area contributed by atoms with E-state index in [4.69, 9.17) is 31.0 Å². The Morgan fingerprint density at radius 1 is 1.12 bits per heavy atom. The normalized spacial score (nSPS) is 20.7. The number of benzene rings is 1. The van der Waals surface area contributed by atoms with Gasteiger partial charge in [0.05, 0.1) is 6.61 Å². The molecule has 2 N–H and O–H groups in total. The van der Waals surface area contributed by atoms with Crippen molar-refractivity contribution in [2.75, 3.05) is 53.0 Å². The standard InChI is InChI=1S/C20H29ClN4O8S/c1-31-12-13-32-20(27)23-10-11-25(18(14-23)19(26)22-28)34(29,30)24-8-6-17(7-9-24)33-16-4-2-15(21)3-5-16/h2-5,17-18,28H,6-14H2,1H3,(H,22,26). The second-order valence-electron chi connectivity index (χ2n) is 7.83. The third-order valence-corrected chi connectivity index (χ3v) is 7.95. The zero-order chi connectivity index (χ0) is 24.7. The first-order valence-electron chi connectivity index (χ1n) is 10.8. The lowest BCUT2D eigenvalue weighted by molar-refractivity contribution is -0.134. The maximum absolute atomic E-state index is 13.3. The Hall–Kier alpha value is -2.16. The summed E-state index contributed by atoms with van der Waals surface area (Å²) in [4.78, 5) is 25.8. The number of nitrogens with zero attached hydrogens (tertiary/aromatic N) is 3. The number of hydroxylamine groups is 1. The van der Waals surface area contributed by atoms with E-state index in [1.807, 2.05) is 0 Å². The number of carbonyl (C=O) groups excluding carboxylic acids is 2. The van der Waals surface area contributed by atoms with Gasteiger partial charge < -0.3 is 19.1 Å². The zero-order valence-electron chi connectivity index (χ0n) is 18.8. The van der Waals surface area contributed by atoms with Crippen LogP contribution >= 0.6 is 11.6 Å². The quantitative estimate of drug-likeness (QED) is 0.290. The maximum Gasteiger partial charge on any atom is 0.409 e. The largest absolute Gasteiger partial charge is 0.490 e. The van der Waals surface area contributed by atoms with Crippen LogP contribution in [-0.2, 0) is 24.5 Å². The van der Waals surface area contributed by atoms with Crippen LogP contribution in [0.1, 0.15) is 12.8 Å². The average Bonchev–Trinajstić information content (AvgIpc) is 2.85. The number of piperazine rings is 1. The van der Waals surface area contributed by atoms with Crippen LogP contribution in [0.3, 0.4) is 0 Å². The maximum atomic E-state index is 13.3. The molecule has 0 aromatic heterocycles. The summed E-state index contributed by atoms with van der Waals surface area (Å²) < 4.78 is 44.8. The summed E-state index contributed by atoms with van der Waals surface area (Å²) in [5, 5.41) is 9.76. The first-order valence-corrected chi connectivity index (χ1v) is 12.6. The van der Waals surface area contributed by atoms with E-state index < -0.39 is 28.3 Å². The number of hydrogen-bond acceptors (Lipinski definition) is 8. The van der Waals surface area contributed by atoms with Crippen LogP contribution < -0.4 is 10.2 Å². The minimum absolute atomic E-state index is 0.0255. The molecule has 2 aliphatic heterocycles. The molecule has 0 saturated carbocycles. The minimum atomic E-state index is -4.04. The van der Waals surface area contributed by atoms with E-state index in [2.05, 4.69) is 0 Å². The summed E-state index contributed by atoms with van der Waals surface area (Å²) in [5.74, 6) is -0.280. The van der Waals surface area contributed by atoms with Gasteiger partial charge in [-0.3, -0.25) is 10.0 Å². The summed E-state index contributed by atoms with van der Waals surface area (Å²) in [7, 11) is -2.57. The van der Waals surface area contributed by atoms with Gasteiger partial charge in [0.15, 0.2) is 0 Å². The molecule has 0 radical (unpaired) electrons. The second-order valence-corrected chi connectivity index (χ2v) is 10.2. The summed E-state index contributed by atoms with van der Waals surface area (Å²) in [5.41, 5.74) is 1.50. The third kappa shape index (κ3) is 6.49. The van der Waals surface area contributed by atoms with E-state index in [9.17, 15) is 18.0 Å². The van der Waals surface area contributed by atoms with Crippen LogP contribution in [0.2, 0.25) is 5.02 Å². The van der Waals surface area contributed by atoms with Gasteiger partial charge in [0.1, 0.15) is 24.5 Å². The number of rotatable bonds is 8. The molecule has 34 heavy (non-hydrogen) atoms. The molecule has 2 aliphatic rings. The molecule has 190 valence electrons. The molecule has 3 rings (SSSR count). The first-order chi connectivity index (χ1) is 16.3. The van der Waals surface area contributed by atoms with Gasteiger partial charge in [-0.1, -0.05) is 11.6 Å². The lowest BCUT2D eigenvalue weighted by Gasteiger charge is -2.42. The van der Waals surface area contributed by atoms with E-state index in [1.165, 1.54) is 21.8 Å². The monoisotopic (exact) mass is 520 g/mol. The number of carbonyl (C=O) groups is 2. The van der Waals surface area contributed by atoms with Crippen LogP contribution in [0, 0.1) is 0 Å². The fraction of sp³-hybridized carbons (Fsp3) is 0.600. The van der Waals surface area contributed by atoms with Gasteiger partial charge in [-0.2, -0.15) is 17.0 Å². The molecule has 2 heterocycles. The number of halogens is 1. The molecule has 0 aliphatic carbocycles. The molecule has 2 amide bonds. The Morgan fingerprint density at radius 2 is 1.79 bits per heavy atom. The fourth-order valence-corrected chi connectivity index (χ4v) is 5.73. The molecule has 1 aromatic carbocycles. The molecule has 14 heteroatoms. The number of ether oxygens (including phenoxy) is 3. The van der Waals surface area contributed by atoms with Gasteiger partial charge in [-0.05, 0) is 37.1 Å². The lowest BCUT2D eigenvalue weighted by atomic mass is 10.1. The van der Waals surface area contributed by atoms with Gasteiger partial charge in [0.2, 0.25) is 0 Å². The topological polar surface area (TPSA) is 138 Å². The average molecular weight is 521 g/mol. The molecule has 12 nitrogen and oxygen atoms in total. The van der Waals surface area contributed by atoms with Crippen LogP contribution in [0.5, 0.6) is 5.75 Å². The van der Waals surface area contributed by atoms with Crippen molar-refractivity contribution in [1.29, 1.82) is 0 Å². The van der Waals surface area contributed by atoms with Crippen molar-refractivity contribution in [2.24, 2.45) is 0 Å². The fourth-order valence-electron chi connectivity index (χ4n) is 3.83. The number of piperidine rings is 1. The van der Waals surface area contributed by atoms with Crippen molar-refractivity contribution in [2.45, 2.75) is 25.0 Å². The lowest BCUT2D eigenvalue weighted by Crippen LogP contribution is -2.64. The molecule has 2 saturated heterocycles. The Kier molecular flexibility index (Phi) is 9.33. The van der Waals surface area contributed by atoms with Crippen LogP contribution in [0.15, 0.2) is 24.3 Å². The van der Waals surface area contributed by atoms with Crippen molar-refractivity contribution < 1.29 is 37.4 Å². The first kappa shape index (κ1) is 26.4. The van der Waals surface area contributed by atoms with Crippen molar-refractivity contribution >= 4 is 33.8 Å². The highest BCUT2D eigenvalue weighted by atomic mass is 35.5. The Labute approximate surface area is 203 Å². The van der Waals surface area contributed by atoms with E-state index in [1.54, 1.807) is 24.3 Å². The molecule has 1 aromatic rings. The molecular weight excluding hydrogens is 492 g/mol. The molecule has 2 fully saturated rings. The number of hydrogen-bond donors (Lipinski definition) is 2. The Morgan fingerprint density at radius 3 is 2.41 bits per heavy atom. The summed E-state index contributed by atoms with van der Waals surface area (Å²) in [6.45, 7) is 0.293. The van der Waals surface area contributed by atoms with E-state index >= 15 is 0 Å². The van der Waals surface area contributed by atoms with Gasteiger partial charge in [0.25, 0.3) is 16.1 Å². The van der Waals surface area contributed by atoms with Crippen LogP contribution in [-0.4, -0.2) is 104 Å². The highest BCUT2D eigenvalue weighted by Crippen LogP contribution is 2.25. The Balaban J connectivity index is 1.62. The minimum Gasteiger partial charge on any atom is -0.490 e. The summed E-state index contributed by atoms with van der Waals surface area (Å²) >= 11 is 5.89. The van der Waals surface area contributed by atoms with Gasteiger partial charge in [0, 0.05) is 44.9 Å². The molecule has 1 atom stereocenters. The number of nitrogens with one attached hydrogen (secondary N) is 1. The van der Waals surface area contributed by atoms with Crippen LogP contribution in [0.25, 0.3) is 0 Å². The van der Waals surface area contributed by atoms with Gasteiger partial charge in [-0.25, -0.2) is 10.3 Å². The highest BCUT2D eigenvalue weighted by Gasteiger charge is 2.44. The predicted octanol–water partition coefficient (Wildman–Crippen LogP) is 0.703. The molecule has 1 unspecified atom stereocenters. The van der Waals surface area contributed by atoms with E-state index in [0.29, 0.717) is 23.6 Å². The van der Waals surface area contributed by atoms with Crippen LogP contribution in [0.4, 0.5) is 4.79 Å². The number of amides is 2. The summed E-state index contributed by atoms with van der Waals surface area (Å²) in [6.07, 6.45) is 0.0718. The molecule has 0 bridgehead atoms. The van der Waals surface area contributed by atoms with Crippen molar-refractivity contribution in [1.82, 2.24) is 19.0 Å². The molecule has 0 spiro atoms. The third-order valence-electron chi connectivity index (χ3n) is 5.66. The highest BCUT2D eigenvalue weighted by molar-refractivity contribution is 7.86. The smallest absolute Gasteiger partial charge is 0.409 e. The number of methoxy groups -OCH3 is 1. The second kappa shape index (κ2) is 12.0. The molecular formula is C20H29ClN4O8S. The van der Waals surface area contributed by atoms with E-state index in [0.717, 1.165) is 4.31 Å². The van der Waals surface area contributed by atoms with E-state index in [-0.39, 0.29) is 52.0 Å². The van der Waals surface area contributed by atoms with Gasteiger partial charge >= 0.3 is 6.09 Å². The predicted molar refractivity (Wildman–Crippen MR) is 121 cm³/mol. The van der Waals surface area contributed by atoms with Gasteiger partial charge in [-0.15, -0.1) is 0 Å². The van der Waals surface area contributed by atoms with Crippen molar-refractivity contribution in [3.05, 3.63) is 29.3 Å². The summed E-state index contributed by atoms with van der Waals surface area (Å²) in [6, 6.07) is 5.64.